The molecular formula is C18H23N3O3. The molecule has 6 heteroatoms. The minimum Gasteiger partial charge on any atom is -0.441 e. The lowest BCUT2D eigenvalue weighted by molar-refractivity contribution is -0.132. The molecule has 1 amide bonds. The number of carbonyl (C=O) groups excluding carboxylic acids is 1. The van der Waals surface area contributed by atoms with Gasteiger partial charge in [-0.25, -0.2) is 4.98 Å². The van der Waals surface area contributed by atoms with Crippen molar-refractivity contribution in [3.05, 3.63) is 41.8 Å². The summed E-state index contributed by atoms with van der Waals surface area (Å²) in [6.45, 7) is 5.68. The van der Waals surface area contributed by atoms with Gasteiger partial charge in [-0.15, -0.1) is 0 Å². The average Bonchev–Trinajstić information content (AvgIpc) is 2.97. The molecule has 6 nitrogen and oxygen atoms in total. The molecule has 1 aliphatic heterocycles. The van der Waals surface area contributed by atoms with Crippen LogP contribution in [0.1, 0.15) is 11.5 Å². The molecule has 0 radical (unpaired) electrons. The molecule has 1 fully saturated rings. The van der Waals surface area contributed by atoms with E-state index >= 15 is 0 Å². The summed E-state index contributed by atoms with van der Waals surface area (Å²) in [5.74, 6) is 1.33. The van der Waals surface area contributed by atoms with Crippen LogP contribution in [0.15, 0.2) is 34.7 Å². The first kappa shape index (κ1) is 16.7. The number of benzene rings is 1. The first-order valence-corrected chi connectivity index (χ1v) is 8.30. The van der Waals surface area contributed by atoms with Gasteiger partial charge in [0, 0.05) is 38.3 Å². The topological polar surface area (TPSA) is 69.8 Å². The van der Waals surface area contributed by atoms with Crippen LogP contribution >= 0.6 is 0 Å². The number of hydrogen-bond donors (Lipinski definition) is 1. The lowest BCUT2D eigenvalue weighted by Gasteiger charge is -2.34. The number of aryl methyl sites for hydroxylation is 1. The smallest absolute Gasteiger partial charge is 0.228 e. The number of nitrogens with zero attached hydrogens (tertiary/aromatic N) is 3. The van der Waals surface area contributed by atoms with Crippen LogP contribution < -0.4 is 0 Å². The number of β-amino-alcohol motifs (C(OH)–C–C–N with tert-alkyl or cyclic N) is 1. The Morgan fingerprint density at radius 1 is 1.21 bits per heavy atom. The lowest BCUT2D eigenvalue weighted by atomic mass is 10.2. The summed E-state index contributed by atoms with van der Waals surface area (Å²) in [6.07, 6.45) is 0.266. The Labute approximate surface area is 141 Å². The van der Waals surface area contributed by atoms with Gasteiger partial charge in [0.1, 0.15) is 5.76 Å². The summed E-state index contributed by atoms with van der Waals surface area (Å²) in [5.41, 5.74) is 1.62. The molecule has 1 N–H and O–H groups in total. The average molecular weight is 329 g/mol. The molecule has 3 rings (SSSR count). The van der Waals surface area contributed by atoms with E-state index in [1.54, 1.807) is 0 Å². The highest BCUT2D eigenvalue weighted by molar-refractivity contribution is 5.78. The molecule has 1 saturated heterocycles. The molecule has 0 saturated carbocycles. The first-order valence-electron chi connectivity index (χ1n) is 8.30. The minimum atomic E-state index is 0.0784. The molecule has 2 aromatic rings. The van der Waals surface area contributed by atoms with Gasteiger partial charge in [-0.05, 0) is 19.1 Å². The monoisotopic (exact) mass is 329 g/mol. The van der Waals surface area contributed by atoms with Gasteiger partial charge in [0.2, 0.25) is 11.8 Å². The fraction of sp³-hybridized carbons (Fsp3) is 0.444. The van der Waals surface area contributed by atoms with Crippen molar-refractivity contribution in [3.8, 4) is 11.5 Å². The molecule has 0 atom stereocenters. The summed E-state index contributed by atoms with van der Waals surface area (Å²) in [6, 6.07) is 9.70. The Bertz CT molecular complexity index is 676. The zero-order chi connectivity index (χ0) is 16.9. The summed E-state index contributed by atoms with van der Waals surface area (Å²) < 4.78 is 5.72. The Morgan fingerprint density at radius 2 is 1.92 bits per heavy atom. The number of rotatable bonds is 5. The molecule has 2 heterocycles. The highest BCUT2D eigenvalue weighted by atomic mass is 16.4. The van der Waals surface area contributed by atoms with Gasteiger partial charge in [-0.1, -0.05) is 18.2 Å². The van der Waals surface area contributed by atoms with Crippen LogP contribution in [0.2, 0.25) is 0 Å². The maximum atomic E-state index is 12.5. The standard InChI is InChI=1S/C18H23N3O3/c1-14-16(19-18(24-14)15-5-3-2-4-6-15)13-17(23)21-9-7-20(8-10-21)11-12-22/h2-6,22H,7-13H2,1H3. The van der Waals surface area contributed by atoms with E-state index in [0.717, 1.165) is 18.7 Å². The lowest BCUT2D eigenvalue weighted by Crippen LogP contribution is -2.49. The highest BCUT2D eigenvalue weighted by Crippen LogP contribution is 2.22. The summed E-state index contributed by atoms with van der Waals surface area (Å²) >= 11 is 0. The predicted molar refractivity (Wildman–Crippen MR) is 90.5 cm³/mol. The number of amides is 1. The second-order valence-electron chi connectivity index (χ2n) is 6.01. The van der Waals surface area contributed by atoms with Crippen LogP contribution in [0.25, 0.3) is 11.5 Å². The van der Waals surface area contributed by atoms with Crippen molar-refractivity contribution in [1.82, 2.24) is 14.8 Å². The SMILES string of the molecule is Cc1oc(-c2ccccc2)nc1CC(=O)N1CCN(CCO)CC1. The van der Waals surface area contributed by atoms with Gasteiger partial charge < -0.3 is 14.4 Å². The number of oxazole rings is 1. The van der Waals surface area contributed by atoms with E-state index in [4.69, 9.17) is 9.52 Å². The van der Waals surface area contributed by atoms with Crippen LogP contribution in [-0.4, -0.2) is 65.1 Å². The molecule has 1 aromatic heterocycles. The molecule has 128 valence electrons. The van der Waals surface area contributed by atoms with E-state index in [-0.39, 0.29) is 18.9 Å². The van der Waals surface area contributed by atoms with Crippen molar-refractivity contribution in [1.29, 1.82) is 0 Å². The second kappa shape index (κ2) is 7.59. The second-order valence-corrected chi connectivity index (χ2v) is 6.01. The third kappa shape index (κ3) is 3.83. The minimum absolute atomic E-state index is 0.0784. The number of aromatic nitrogens is 1. The molecular weight excluding hydrogens is 306 g/mol. The Kier molecular flexibility index (Phi) is 5.27. The van der Waals surface area contributed by atoms with E-state index in [9.17, 15) is 4.79 Å². The maximum Gasteiger partial charge on any atom is 0.228 e. The number of aliphatic hydroxyl groups is 1. The van der Waals surface area contributed by atoms with E-state index in [1.807, 2.05) is 42.2 Å². The predicted octanol–water partition coefficient (Wildman–Crippen LogP) is 1.33. The highest BCUT2D eigenvalue weighted by Gasteiger charge is 2.23. The van der Waals surface area contributed by atoms with Gasteiger partial charge in [-0.2, -0.15) is 0 Å². The first-order chi connectivity index (χ1) is 11.7. The van der Waals surface area contributed by atoms with E-state index < -0.39 is 0 Å². The Hall–Kier alpha value is -2.18. The maximum absolute atomic E-state index is 12.5. The van der Waals surface area contributed by atoms with Crippen LogP contribution in [0.3, 0.4) is 0 Å². The summed E-state index contributed by atoms with van der Waals surface area (Å²) in [5, 5.41) is 8.97. The Morgan fingerprint density at radius 3 is 2.58 bits per heavy atom. The van der Waals surface area contributed by atoms with Crippen molar-refractivity contribution in [2.75, 3.05) is 39.3 Å². The molecule has 1 aliphatic rings. The molecule has 1 aromatic carbocycles. The number of piperazine rings is 1. The van der Waals surface area contributed by atoms with Crippen LogP contribution in [-0.2, 0) is 11.2 Å². The molecule has 0 spiro atoms. The van der Waals surface area contributed by atoms with E-state index in [1.165, 1.54) is 0 Å². The molecule has 0 unspecified atom stereocenters. The zero-order valence-electron chi connectivity index (χ0n) is 13.9. The van der Waals surface area contributed by atoms with Crippen molar-refractivity contribution < 1.29 is 14.3 Å². The van der Waals surface area contributed by atoms with E-state index in [0.29, 0.717) is 37.0 Å². The third-order valence-electron chi connectivity index (χ3n) is 4.37. The fourth-order valence-electron chi connectivity index (χ4n) is 2.91. The third-order valence-corrected chi connectivity index (χ3v) is 4.37. The van der Waals surface area contributed by atoms with Crippen molar-refractivity contribution in [2.45, 2.75) is 13.3 Å². The summed E-state index contributed by atoms with van der Waals surface area (Å²) in [7, 11) is 0. The van der Waals surface area contributed by atoms with Crippen molar-refractivity contribution in [2.24, 2.45) is 0 Å². The summed E-state index contributed by atoms with van der Waals surface area (Å²) in [4.78, 5) is 21.0. The van der Waals surface area contributed by atoms with Crippen LogP contribution in [0, 0.1) is 6.92 Å². The van der Waals surface area contributed by atoms with Crippen molar-refractivity contribution >= 4 is 5.91 Å². The van der Waals surface area contributed by atoms with Gasteiger partial charge in [0.15, 0.2) is 0 Å². The van der Waals surface area contributed by atoms with Crippen molar-refractivity contribution in [3.63, 3.8) is 0 Å². The number of aliphatic hydroxyl groups excluding tert-OH is 1. The van der Waals surface area contributed by atoms with Gasteiger partial charge >= 0.3 is 0 Å². The normalized spacial score (nSPS) is 15.7. The van der Waals surface area contributed by atoms with E-state index in [2.05, 4.69) is 9.88 Å². The number of hydrogen-bond acceptors (Lipinski definition) is 5. The molecule has 24 heavy (non-hydrogen) atoms. The zero-order valence-corrected chi connectivity index (χ0v) is 13.9. The van der Waals surface area contributed by atoms with Crippen LogP contribution in [0.4, 0.5) is 0 Å². The fourth-order valence-corrected chi connectivity index (χ4v) is 2.91. The molecule has 0 aliphatic carbocycles. The van der Waals surface area contributed by atoms with Crippen LogP contribution in [0.5, 0.6) is 0 Å². The number of carbonyl (C=O) groups is 1. The molecule has 0 bridgehead atoms. The quantitative estimate of drug-likeness (QED) is 0.896. The largest absolute Gasteiger partial charge is 0.441 e. The van der Waals surface area contributed by atoms with Gasteiger partial charge in [0.05, 0.1) is 18.7 Å². The van der Waals surface area contributed by atoms with Gasteiger partial charge in [-0.3, -0.25) is 9.69 Å². The Balaban J connectivity index is 1.62. The van der Waals surface area contributed by atoms with Gasteiger partial charge in [0.25, 0.3) is 0 Å².